The van der Waals surface area contributed by atoms with Crippen LogP contribution in [0.1, 0.15) is 30.1 Å². The number of thioether (sulfide) groups is 1. The van der Waals surface area contributed by atoms with Gasteiger partial charge in [-0.25, -0.2) is 0 Å². The van der Waals surface area contributed by atoms with Crippen molar-refractivity contribution in [2.24, 2.45) is 5.92 Å². The summed E-state index contributed by atoms with van der Waals surface area (Å²) in [5.74, 6) is 1.65. The second kappa shape index (κ2) is 7.11. The highest BCUT2D eigenvalue weighted by atomic mass is 32.2. The highest BCUT2D eigenvalue weighted by Crippen LogP contribution is 2.23. The van der Waals surface area contributed by atoms with Gasteiger partial charge in [-0.3, -0.25) is 9.69 Å². The SMILES string of the molecule is CSC[C@H](C)N1CCC[C@@H](C(=O)c2ccccc2)C1. The zero-order valence-electron chi connectivity index (χ0n) is 11.8. The summed E-state index contributed by atoms with van der Waals surface area (Å²) in [6.45, 7) is 4.33. The van der Waals surface area contributed by atoms with Gasteiger partial charge in [0.1, 0.15) is 0 Å². The minimum Gasteiger partial charge on any atom is -0.299 e. The van der Waals surface area contributed by atoms with E-state index in [9.17, 15) is 4.79 Å². The molecule has 0 N–H and O–H groups in total. The average Bonchev–Trinajstić information content (AvgIpc) is 2.48. The first-order valence-corrected chi connectivity index (χ1v) is 8.44. The summed E-state index contributed by atoms with van der Waals surface area (Å²) >= 11 is 1.88. The van der Waals surface area contributed by atoms with Crippen molar-refractivity contribution in [1.29, 1.82) is 0 Å². The molecule has 1 fully saturated rings. The maximum Gasteiger partial charge on any atom is 0.167 e. The molecule has 1 aromatic rings. The minimum absolute atomic E-state index is 0.181. The average molecular weight is 277 g/mol. The molecular weight excluding hydrogens is 254 g/mol. The Hall–Kier alpha value is -0.800. The second-order valence-corrected chi connectivity index (χ2v) is 6.28. The van der Waals surface area contributed by atoms with E-state index < -0.39 is 0 Å². The lowest BCUT2D eigenvalue weighted by molar-refractivity contribution is 0.0784. The van der Waals surface area contributed by atoms with Crippen molar-refractivity contribution < 1.29 is 4.79 Å². The Balaban J connectivity index is 1.99. The van der Waals surface area contributed by atoms with Crippen LogP contribution in [-0.4, -0.2) is 41.8 Å². The van der Waals surface area contributed by atoms with Gasteiger partial charge < -0.3 is 0 Å². The smallest absolute Gasteiger partial charge is 0.167 e. The molecule has 0 spiro atoms. The zero-order valence-corrected chi connectivity index (χ0v) is 12.7. The molecule has 0 saturated carbocycles. The van der Waals surface area contributed by atoms with E-state index in [-0.39, 0.29) is 5.92 Å². The second-order valence-electron chi connectivity index (χ2n) is 5.37. The maximum absolute atomic E-state index is 12.5. The number of benzene rings is 1. The van der Waals surface area contributed by atoms with E-state index in [0.29, 0.717) is 11.8 Å². The number of Topliss-reactive ketones (excluding diaryl/α,β-unsaturated/α-hetero) is 1. The number of hydrogen-bond acceptors (Lipinski definition) is 3. The first-order chi connectivity index (χ1) is 9.22. The van der Waals surface area contributed by atoms with Crippen LogP contribution >= 0.6 is 11.8 Å². The molecule has 0 bridgehead atoms. The Bertz CT molecular complexity index is 406. The standard InChI is InChI=1S/C16H23NOS/c1-13(12-19-2)17-10-6-9-15(11-17)16(18)14-7-4-3-5-8-14/h3-5,7-8,13,15H,6,9-12H2,1-2H3/t13-,15+/m0/s1. The van der Waals surface area contributed by atoms with Crippen molar-refractivity contribution in [2.75, 3.05) is 25.1 Å². The monoisotopic (exact) mass is 277 g/mol. The highest BCUT2D eigenvalue weighted by molar-refractivity contribution is 7.98. The summed E-state index contributed by atoms with van der Waals surface area (Å²) in [6, 6.07) is 10.3. The summed E-state index contributed by atoms with van der Waals surface area (Å²) in [6.07, 6.45) is 4.32. The molecule has 19 heavy (non-hydrogen) atoms. The van der Waals surface area contributed by atoms with E-state index in [1.54, 1.807) is 0 Å². The maximum atomic E-state index is 12.5. The molecule has 0 unspecified atom stereocenters. The van der Waals surface area contributed by atoms with Gasteiger partial charge in [-0.1, -0.05) is 30.3 Å². The normalized spacial score (nSPS) is 22.1. The van der Waals surface area contributed by atoms with Crippen LogP contribution in [-0.2, 0) is 0 Å². The third kappa shape index (κ3) is 3.83. The Morgan fingerprint density at radius 3 is 2.84 bits per heavy atom. The van der Waals surface area contributed by atoms with Gasteiger partial charge in [0.2, 0.25) is 0 Å². The molecule has 0 aromatic heterocycles. The minimum atomic E-state index is 0.181. The molecule has 0 aliphatic carbocycles. The summed E-state index contributed by atoms with van der Waals surface area (Å²) < 4.78 is 0. The first-order valence-electron chi connectivity index (χ1n) is 7.04. The fourth-order valence-electron chi connectivity index (χ4n) is 2.81. The fraction of sp³-hybridized carbons (Fsp3) is 0.562. The van der Waals surface area contributed by atoms with Crippen LogP contribution in [0.3, 0.4) is 0 Å². The molecule has 3 heteroatoms. The number of nitrogens with zero attached hydrogens (tertiary/aromatic N) is 1. The van der Waals surface area contributed by atoms with Crippen LogP contribution < -0.4 is 0 Å². The lowest BCUT2D eigenvalue weighted by atomic mass is 9.89. The summed E-state index contributed by atoms with van der Waals surface area (Å²) in [5, 5.41) is 0. The van der Waals surface area contributed by atoms with E-state index in [0.717, 1.165) is 37.2 Å². The van der Waals surface area contributed by atoms with Crippen molar-refractivity contribution in [3.63, 3.8) is 0 Å². The van der Waals surface area contributed by atoms with Crippen molar-refractivity contribution in [2.45, 2.75) is 25.8 Å². The molecule has 104 valence electrons. The fourth-order valence-corrected chi connectivity index (χ4v) is 3.50. The Kier molecular flexibility index (Phi) is 5.46. The predicted octanol–water partition coefficient (Wildman–Crippen LogP) is 3.33. The number of carbonyl (C=O) groups is 1. The molecule has 2 rings (SSSR count). The van der Waals surface area contributed by atoms with Crippen molar-refractivity contribution >= 4 is 17.5 Å². The molecule has 1 saturated heterocycles. The molecule has 0 amide bonds. The third-order valence-corrected chi connectivity index (χ3v) is 4.73. The molecule has 1 aliphatic heterocycles. The summed E-state index contributed by atoms with van der Waals surface area (Å²) in [5.41, 5.74) is 0.867. The predicted molar refractivity (Wildman–Crippen MR) is 82.9 cm³/mol. The van der Waals surface area contributed by atoms with Gasteiger partial charge in [-0.15, -0.1) is 0 Å². The van der Waals surface area contributed by atoms with E-state index in [2.05, 4.69) is 18.1 Å². The van der Waals surface area contributed by atoms with Crippen LogP contribution in [0.2, 0.25) is 0 Å². The van der Waals surface area contributed by atoms with E-state index in [1.165, 1.54) is 0 Å². The lowest BCUT2D eigenvalue weighted by Gasteiger charge is -2.36. The van der Waals surface area contributed by atoms with Crippen molar-refractivity contribution in [3.8, 4) is 0 Å². The largest absolute Gasteiger partial charge is 0.299 e. The van der Waals surface area contributed by atoms with Crippen LogP contribution in [0.25, 0.3) is 0 Å². The molecule has 1 heterocycles. The zero-order chi connectivity index (χ0) is 13.7. The quantitative estimate of drug-likeness (QED) is 0.770. The van der Waals surface area contributed by atoms with Crippen molar-refractivity contribution in [3.05, 3.63) is 35.9 Å². The topological polar surface area (TPSA) is 20.3 Å². The Labute approximate surface area is 120 Å². The Morgan fingerprint density at radius 1 is 1.42 bits per heavy atom. The third-order valence-electron chi connectivity index (χ3n) is 3.91. The van der Waals surface area contributed by atoms with Crippen LogP contribution in [0.4, 0.5) is 0 Å². The van der Waals surface area contributed by atoms with Crippen LogP contribution in [0.5, 0.6) is 0 Å². The van der Waals surface area contributed by atoms with Gasteiger partial charge >= 0.3 is 0 Å². The number of carbonyl (C=O) groups excluding carboxylic acids is 1. The lowest BCUT2D eigenvalue weighted by Crippen LogP contribution is -2.44. The summed E-state index contributed by atoms with van der Waals surface area (Å²) in [4.78, 5) is 15.0. The van der Waals surface area contributed by atoms with E-state index in [1.807, 2.05) is 42.1 Å². The summed E-state index contributed by atoms with van der Waals surface area (Å²) in [7, 11) is 0. The Morgan fingerprint density at radius 2 is 2.16 bits per heavy atom. The number of rotatable bonds is 5. The first kappa shape index (κ1) is 14.6. The van der Waals surface area contributed by atoms with E-state index >= 15 is 0 Å². The molecule has 2 atom stereocenters. The van der Waals surface area contributed by atoms with Crippen molar-refractivity contribution in [1.82, 2.24) is 4.90 Å². The highest BCUT2D eigenvalue weighted by Gasteiger charge is 2.28. The van der Waals surface area contributed by atoms with Gasteiger partial charge in [-0.05, 0) is 32.6 Å². The molecular formula is C16H23NOS. The van der Waals surface area contributed by atoms with Crippen LogP contribution in [0, 0.1) is 5.92 Å². The van der Waals surface area contributed by atoms with Gasteiger partial charge in [0.25, 0.3) is 0 Å². The van der Waals surface area contributed by atoms with E-state index in [4.69, 9.17) is 0 Å². The molecule has 1 aromatic carbocycles. The number of ketones is 1. The number of hydrogen-bond donors (Lipinski definition) is 0. The van der Waals surface area contributed by atoms with Crippen LogP contribution in [0.15, 0.2) is 30.3 Å². The van der Waals surface area contributed by atoms with Gasteiger partial charge in [-0.2, -0.15) is 11.8 Å². The molecule has 0 radical (unpaired) electrons. The van der Waals surface area contributed by atoms with Gasteiger partial charge in [0.15, 0.2) is 5.78 Å². The van der Waals surface area contributed by atoms with Gasteiger partial charge in [0, 0.05) is 29.8 Å². The molecule has 2 nitrogen and oxygen atoms in total. The van der Waals surface area contributed by atoms with Gasteiger partial charge in [0.05, 0.1) is 0 Å². The number of piperidine rings is 1. The molecule has 1 aliphatic rings. The number of likely N-dealkylation sites (tertiary alicyclic amines) is 1.